The number of anilines is 1. The number of alkyl halides is 5. The summed E-state index contributed by atoms with van der Waals surface area (Å²) in [6.45, 7) is 0.605. The second-order valence-corrected chi connectivity index (χ2v) is 13.3. The van der Waals surface area contributed by atoms with Gasteiger partial charge in [-0.1, -0.05) is 11.6 Å². The highest BCUT2D eigenvalue weighted by molar-refractivity contribution is 6.33. The van der Waals surface area contributed by atoms with E-state index in [4.69, 9.17) is 16.3 Å². The van der Waals surface area contributed by atoms with Gasteiger partial charge in [0.2, 0.25) is 0 Å². The number of hydrogen-bond donors (Lipinski definition) is 1. The van der Waals surface area contributed by atoms with Crippen molar-refractivity contribution in [1.82, 2.24) is 25.1 Å². The predicted octanol–water partition coefficient (Wildman–Crippen LogP) is 7.33. The van der Waals surface area contributed by atoms with Crippen LogP contribution in [0.2, 0.25) is 5.02 Å². The molecule has 2 saturated carbocycles. The zero-order valence-corrected chi connectivity index (χ0v) is 25.0. The zero-order chi connectivity index (χ0) is 32.1. The van der Waals surface area contributed by atoms with E-state index in [0.29, 0.717) is 24.9 Å². The molecule has 3 atom stereocenters. The lowest BCUT2D eigenvalue weighted by molar-refractivity contribution is -0.136. The number of piperidine rings is 1. The van der Waals surface area contributed by atoms with Crippen molar-refractivity contribution in [3.8, 4) is 17.1 Å². The van der Waals surface area contributed by atoms with Crippen molar-refractivity contribution in [2.45, 2.75) is 37.8 Å². The summed E-state index contributed by atoms with van der Waals surface area (Å²) >= 11 is 6.03. The number of hydrogen-bond acceptors (Lipinski definition) is 6. The molecule has 4 aromatic rings. The van der Waals surface area contributed by atoms with E-state index >= 15 is 8.78 Å². The van der Waals surface area contributed by atoms with E-state index in [0.717, 1.165) is 31.4 Å². The maximum atomic E-state index is 16.6. The minimum absolute atomic E-state index is 0.00874. The molecule has 2 unspecified atom stereocenters. The maximum Gasteiger partial charge on any atom is 0.418 e. The van der Waals surface area contributed by atoms with Crippen molar-refractivity contribution in [2.75, 3.05) is 45.2 Å². The van der Waals surface area contributed by atoms with Crippen LogP contribution in [0.15, 0.2) is 18.3 Å². The first-order valence-corrected chi connectivity index (χ1v) is 14.9. The average Bonchev–Trinajstić information content (AvgIpc) is 3.25. The van der Waals surface area contributed by atoms with Crippen LogP contribution < -0.4 is 9.64 Å². The number of rotatable bonds is 7. The number of halogens is 8. The van der Waals surface area contributed by atoms with Crippen LogP contribution in [-0.4, -0.2) is 71.3 Å². The van der Waals surface area contributed by atoms with Crippen molar-refractivity contribution in [2.24, 2.45) is 17.3 Å². The minimum Gasteiger partial charge on any atom is -0.463 e. The van der Waals surface area contributed by atoms with Gasteiger partial charge in [-0.3, -0.25) is 5.10 Å². The third-order valence-electron chi connectivity index (χ3n) is 9.28. The molecule has 15 heteroatoms. The highest BCUT2D eigenvalue weighted by Crippen LogP contribution is 2.60. The van der Waals surface area contributed by atoms with E-state index in [9.17, 15) is 22.0 Å². The monoisotopic (exact) mass is 656 g/mol. The number of aromatic nitrogens is 4. The van der Waals surface area contributed by atoms with Crippen LogP contribution >= 0.6 is 11.6 Å². The second kappa shape index (κ2) is 10.3. The topological polar surface area (TPSA) is 70.2 Å². The molecule has 3 fully saturated rings. The first-order valence-electron chi connectivity index (χ1n) is 14.5. The van der Waals surface area contributed by atoms with Crippen LogP contribution in [0.4, 0.5) is 36.6 Å². The Hall–Kier alpha value is -3.39. The second-order valence-electron chi connectivity index (χ2n) is 12.9. The molecular formula is C30H28ClF7N6O. The van der Waals surface area contributed by atoms with E-state index < -0.39 is 75.4 Å². The molecule has 0 spiro atoms. The quantitative estimate of drug-likeness (QED) is 0.210. The molecule has 1 saturated heterocycles. The summed E-state index contributed by atoms with van der Waals surface area (Å²) in [6.07, 6.45) is -1.35. The molecule has 3 heterocycles. The molecule has 0 radical (unpaired) electrons. The van der Waals surface area contributed by atoms with Gasteiger partial charge in [0.1, 0.15) is 23.8 Å². The average molecular weight is 657 g/mol. The van der Waals surface area contributed by atoms with Gasteiger partial charge in [-0.2, -0.15) is 28.2 Å². The Labute approximate surface area is 257 Å². The maximum absolute atomic E-state index is 16.6. The zero-order valence-electron chi connectivity index (χ0n) is 24.2. The Balaban J connectivity index is 1.42. The lowest BCUT2D eigenvalue weighted by Gasteiger charge is -2.33. The van der Waals surface area contributed by atoms with Crippen molar-refractivity contribution in [3.05, 3.63) is 40.6 Å². The Morgan fingerprint density at radius 2 is 1.78 bits per heavy atom. The molecular weight excluding hydrogens is 629 g/mol. The largest absolute Gasteiger partial charge is 0.463 e. The molecule has 7 rings (SSSR count). The van der Waals surface area contributed by atoms with Gasteiger partial charge in [0.25, 0.3) is 5.92 Å². The first kappa shape index (κ1) is 30.3. The molecule has 2 aliphatic carbocycles. The number of nitrogens with one attached hydrogen (secondary N) is 1. The third-order valence-corrected chi connectivity index (χ3v) is 9.58. The van der Waals surface area contributed by atoms with Crippen molar-refractivity contribution >= 4 is 39.2 Å². The highest BCUT2D eigenvalue weighted by atomic mass is 35.5. The van der Waals surface area contributed by atoms with Gasteiger partial charge in [0.15, 0.2) is 5.82 Å². The Morgan fingerprint density at radius 3 is 2.40 bits per heavy atom. The lowest BCUT2D eigenvalue weighted by Crippen LogP contribution is -2.37. The van der Waals surface area contributed by atoms with E-state index in [1.165, 1.54) is 6.20 Å². The summed E-state index contributed by atoms with van der Waals surface area (Å²) in [5.74, 6) is -4.90. The molecule has 2 aromatic carbocycles. The number of nitrogens with zero attached hydrogens (tertiary/aromatic N) is 5. The fourth-order valence-electron chi connectivity index (χ4n) is 7.22. The van der Waals surface area contributed by atoms with Crippen molar-refractivity contribution in [1.29, 1.82) is 0 Å². The van der Waals surface area contributed by atoms with Gasteiger partial charge < -0.3 is 14.5 Å². The molecule has 1 aliphatic heterocycles. The summed E-state index contributed by atoms with van der Waals surface area (Å²) in [6, 6.07) is 1.49. The standard InChI is InChI=1S/C30H28ClF7N6O/c1-43(2)12-28(11-29(28,34)35)13-45-27-40-25-17(26(41-27)44-9-14-3-4-15(5-14)10-44)7-19(32)20(23(25)33)21-22(30(36,37)38)18(31)6-16-8-39-42-24(16)21/h6-8,14-15H,3-5,9-13H2,1-2H3,(H,39,42)/t14?,15?,28-/m1/s1. The number of H-pyrrole nitrogens is 1. The van der Waals surface area contributed by atoms with Gasteiger partial charge in [0.05, 0.1) is 33.3 Å². The number of aromatic amines is 1. The molecule has 3 aliphatic rings. The molecule has 2 bridgehead atoms. The Kier molecular flexibility index (Phi) is 6.94. The summed E-state index contributed by atoms with van der Waals surface area (Å²) in [7, 11) is 3.30. The first-order chi connectivity index (χ1) is 21.2. The fourth-order valence-corrected chi connectivity index (χ4v) is 7.54. The van der Waals surface area contributed by atoms with Gasteiger partial charge in [-0.15, -0.1) is 0 Å². The van der Waals surface area contributed by atoms with E-state index in [-0.39, 0.29) is 28.7 Å². The molecule has 240 valence electrons. The minimum atomic E-state index is -5.09. The van der Waals surface area contributed by atoms with Gasteiger partial charge in [0, 0.05) is 42.4 Å². The summed E-state index contributed by atoms with van der Waals surface area (Å²) < 4.78 is 110. The van der Waals surface area contributed by atoms with Crippen LogP contribution in [0, 0.1) is 28.9 Å². The van der Waals surface area contributed by atoms with E-state index in [1.807, 2.05) is 4.90 Å². The SMILES string of the molecule is CN(C)C[C@@]1(COc2nc(N3CC4CCC(C4)C3)c3cc(F)c(-c4c(C(F)(F)F)c(Cl)cc5cn[nH]c45)c(F)c3n2)CC1(F)F. The van der Waals surface area contributed by atoms with Crippen LogP contribution in [0.1, 0.15) is 31.2 Å². The van der Waals surface area contributed by atoms with Crippen LogP contribution in [-0.2, 0) is 6.18 Å². The lowest BCUT2D eigenvalue weighted by atomic mass is 9.94. The highest BCUT2D eigenvalue weighted by Gasteiger charge is 2.71. The van der Waals surface area contributed by atoms with E-state index in [1.54, 1.807) is 19.0 Å². The molecule has 2 aromatic heterocycles. The normalized spacial score (nSPS) is 24.3. The van der Waals surface area contributed by atoms with E-state index in [2.05, 4.69) is 20.2 Å². The van der Waals surface area contributed by atoms with Crippen molar-refractivity contribution in [3.63, 3.8) is 0 Å². The van der Waals surface area contributed by atoms with Crippen molar-refractivity contribution < 1.29 is 35.5 Å². The summed E-state index contributed by atoms with van der Waals surface area (Å²) in [5, 5.41) is 5.43. The van der Waals surface area contributed by atoms with Gasteiger partial charge in [-0.25, -0.2) is 17.6 Å². The van der Waals surface area contributed by atoms with Gasteiger partial charge >= 0.3 is 12.2 Å². The van der Waals surface area contributed by atoms with Gasteiger partial charge in [-0.05, 0) is 57.3 Å². The molecule has 7 nitrogen and oxygen atoms in total. The summed E-state index contributed by atoms with van der Waals surface area (Å²) in [4.78, 5) is 12.1. The number of fused-ring (bicyclic) bond motifs is 4. The molecule has 1 N–H and O–H groups in total. The van der Waals surface area contributed by atoms with Crippen LogP contribution in [0.25, 0.3) is 32.9 Å². The number of benzene rings is 2. The smallest absolute Gasteiger partial charge is 0.418 e. The van der Waals surface area contributed by atoms with Crippen LogP contribution in [0.5, 0.6) is 6.01 Å². The summed E-state index contributed by atoms with van der Waals surface area (Å²) in [5.41, 5.74) is -5.61. The predicted molar refractivity (Wildman–Crippen MR) is 154 cm³/mol. The third kappa shape index (κ3) is 5.04. The fraction of sp³-hybridized carbons (Fsp3) is 0.500. The molecule has 0 amide bonds. The Morgan fingerprint density at radius 1 is 1.09 bits per heavy atom. The van der Waals surface area contributed by atoms with Crippen LogP contribution in [0.3, 0.4) is 0 Å². The molecule has 45 heavy (non-hydrogen) atoms. The number of ether oxygens (including phenoxy) is 1. The Bertz CT molecular complexity index is 1820.